The van der Waals surface area contributed by atoms with Gasteiger partial charge in [-0.3, -0.25) is 14.6 Å². The third-order valence-electron chi connectivity index (χ3n) is 3.85. The van der Waals surface area contributed by atoms with Crippen molar-refractivity contribution in [3.63, 3.8) is 0 Å². The maximum Gasteiger partial charge on any atom is 0.308 e. The number of halogens is 1. The summed E-state index contributed by atoms with van der Waals surface area (Å²) in [5.74, 6) is -1.45. The van der Waals surface area contributed by atoms with E-state index in [4.69, 9.17) is 9.47 Å². The SMILES string of the molecule is COC1=C(F)CC2=NC(C(=O)c3cccnc3)=C(OC(C)=O)C2=C1C. The van der Waals surface area contributed by atoms with Crippen LogP contribution >= 0.6 is 0 Å². The standard InChI is InChI=1S/C18H15FN2O4/c1-9-14-13(7-12(19)17(9)24-3)21-15(18(14)25-10(2)22)16(23)11-5-4-6-20-8-11/h4-6,8H,7H2,1-3H3. The van der Waals surface area contributed by atoms with Gasteiger partial charge in [0.2, 0.25) is 5.78 Å². The zero-order valence-corrected chi connectivity index (χ0v) is 13.9. The molecule has 0 amide bonds. The van der Waals surface area contributed by atoms with Crippen molar-refractivity contribution in [3.8, 4) is 0 Å². The van der Waals surface area contributed by atoms with Crippen molar-refractivity contribution in [1.29, 1.82) is 0 Å². The molecule has 3 rings (SSSR count). The highest BCUT2D eigenvalue weighted by Crippen LogP contribution is 2.40. The van der Waals surface area contributed by atoms with E-state index in [-0.39, 0.29) is 23.6 Å². The summed E-state index contributed by atoms with van der Waals surface area (Å²) in [5, 5.41) is 0. The summed E-state index contributed by atoms with van der Waals surface area (Å²) in [5.41, 5.74) is 1.43. The quantitative estimate of drug-likeness (QED) is 0.621. The van der Waals surface area contributed by atoms with Crippen LogP contribution in [0, 0.1) is 0 Å². The van der Waals surface area contributed by atoms with E-state index in [0.29, 0.717) is 22.4 Å². The number of carbonyl (C=O) groups excluding carboxylic acids is 2. The van der Waals surface area contributed by atoms with Gasteiger partial charge in [-0.05, 0) is 19.1 Å². The van der Waals surface area contributed by atoms with Crippen molar-refractivity contribution < 1.29 is 23.5 Å². The number of fused-ring (bicyclic) bond motifs is 1. The van der Waals surface area contributed by atoms with Crippen LogP contribution in [0.1, 0.15) is 30.6 Å². The predicted molar refractivity (Wildman–Crippen MR) is 87.3 cm³/mol. The minimum atomic E-state index is -0.600. The van der Waals surface area contributed by atoms with Gasteiger partial charge in [-0.15, -0.1) is 0 Å². The Morgan fingerprint density at radius 2 is 2.04 bits per heavy atom. The number of aromatic nitrogens is 1. The Morgan fingerprint density at radius 3 is 2.64 bits per heavy atom. The molecular weight excluding hydrogens is 327 g/mol. The summed E-state index contributed by atoms with van der Waals surface area (Å²) in [6.07, 6.45) is 2.79. The highest BCUT2D eigenvalue weighted by Gasteiger charge is 2.37. The molecule has 0 radical (unpaired) electrons. The maximum absolute atomic E-state index is 14.2. The Bertz CT molecular complexity index is 895. The monoisotopic (exact) mass is 342 g/mol. The molecule has 0 bridgehead atoms. The van der Waals surface area contributed by atoms with E-state index < -0.39 is 17.6 Å². The topological polar surface area (TPSA) is 77.8 Å². The van der Waals surface area contributed by atoms with Gasteiger partial charge in [0.25, 0.3) is 0 Å². The highest BCUT2D eigenvalue weighted by molar-refractivity contribution is 6.19. The Morgan fingerprint density at radius 1 is 1.28 bits per heavy atom. The summed E-state index contributed by atoms with van der Waals surface area (Å²) in [7, 11) is 1.35. The fraction of sp³-hybridized carbons (Fsp3) is 0.222. The predicted octanol–water partition coefficient (Wildman–Crippen LogP) is 3.04. The molecule has 1 aliphatic carbocycles. The minimum Gasteiger partial charge on any atom is -0.494 e. The number of esters is 1. The van der Waals surface area contributed by atoms with Gasteiger partial charge in [-0.1, -0.05) is 0 Å². The van der Waals surface area contributed by atoms with Crippen LogP contribution in [0.15, 0.2) is 63.7 Å². The van der Waals surface area contributed by atoms with Crippen molar-refractivity contribution in [2.45, 2.75) is 20.3 Å². The molecule has 1 aliphatic heterocycles. The number of hydrogen-bond donors (Lipinski definition) is 0. The number of Topliss-reactive ketones (excluding diaryl/α,β-unsaturated/α-hetero) is 1. The van der Waals surface area contributed by atoms with E-state index in [9.17, 15) is 14.0 Å². The molecule has 1 aromatic rings. The summed E-state index contributed by atoms with van der Waals surface area (Å²) >= 11 is 0. The van der Waals surface area contributed by atoms with Crippen molar-refractivity contribution in [2.24, 2.45) is 4.99 Å². The summed E-state index contributed by atoms with van der Waals surface area (Å²) in [6, 6.07) is 3.19. The van der Waals surface area contributed by atoms with Gasteiger partial charge < -0.3 is 9.47 Å². The molecule has 0 saturated heterocycles. The second-order valence-corrected chi connectivity index (χ2v) is 5.52. The van der Waals surface area contributed by atoms with Gasteiger partial charge in [-0.25, -0.2) is 9.38 Å². The first-order valence-corrected chi connectivity index (χ1v) is 7.53. The van der Waals surface area contributed by atoms with Crippen LogP contribution in [0.3, 0.4) is 0 Å². The minimum absolute atomic E-state index is 0.0240. The van der Waals surface area contributed by atoms with Crippen LogP contribution in [0.5, 0.6) is 0 Å². The zero-order chi connectivity index (χ0) is 18.1. The van der Waals surface area contributed by atoms with Gasteiger partial charge >= 0.3 is 5.97 Å². The molecule has 2 heterocycles. The first-order valence-electron chi connectivity index (χ1n) is 7.53. The molecule has 25 heavy (non-hydrogen) atoms. The van der Waals surface area contributed by atoms with Crippen molar-refractivity contribution in [1.82, 2.24) is 4.98 Å². The maximum atomic E-state index is 14.2. The van der Waals surface area contributed by atoms with E-state index in [1.54, 1.807) is 19.1 Å². The van der Waals surface area contributed by atoms with Crippen LogP contribution in [0.2, 0.25) is 0 Å². The molecule has 6 nitrogen and oxygen atoms in total. The second kappa shape index (κ2) is 6.43. The number of methoxy groups -OCH3 is 1. The summed E-state index contributed by atoms with van der Waals surface area (Å²) in [4.78, 5) is 32.4. The zero-order valence-electron chi connectivity index (χ0n) is 13.9. The van der Waals surface area contributed by atoms with Crippen LogP contribution in [0.4, 0.5) is 4.39 Å². The fourth-order valence-electron chi connectivity index (χ4n) is 2.84. The number of pyridine rings is 1. The molecule has 0 fully saturated rings. The highest BCUT2D eigenvalue weighted by atomic mass is 19.1. The lowest BCUT2D eigenvalue weighted by Crippen LogP contribution is -2.15. The van der Waals surface area contributed by atoms with E-state index in [2.05, 4.69) is 9.98 Å². The molecular formula is C18H15FN2O4. The molecule has 0 unspecified atom stereocenters. The Balaban J connectivity index is 2.16. The molecule has 0 saturated carbocycles. The van der Waals surface area contributed by atoms with Gasteiger partial charge in [-0.2, -0.15) is 0 Å². The van der Waals surface area contributed by atoms with Crippen molar-refractivity contribution in [3.05, 3.63) is 64.3 Å². The average Bonchev–Trinajstić information content (AvgIpc) is 2.93. The molecule has 0 aromatic carbocycles. The van der Waals surface area contributed by atoms with Crippen LogP contribution in [-0.4, -0.2) is 29.6 Å². The van der Waals surface area contributed by atoms with E-state index >= 15 is 0 Å². The third kappa shape index (κ3) is 2.88. The normalized spacial score (nSPS) is 16.7. The smallest absolute Gasteiger partial charge is 0.308 e. The fourth-order valence-corrected chi connectivity index (χ4v) is 2.84. The van der Waals surface area contributed by atoms with Gasteiger partial charge in [0.05, 0.1) is 12.8 Å². The van der Waals surface area contributed by atoms with Crippen molar-refractivity contribution in [2.75, 3.05) is 7.11 Å². The molecule has 0 N–H and O–H groups in total. The molecule has 128 valence electrons. The largest absolute Gasteiger partial charge is 0.494 e. The number of carbonyl (C=O) groups is 2. The van der Waals surface area contributed by atoms with E-state index in [1.165, 1.54) is 26.4 Å². The molecule has 2 aliphatic rings. The third-order valence-corrected chi connectivity index (χ3v) is 3.85. The number of aliphatic imine (C=N–C) groups is 1. The lowest BCUT2D eigenvalue weighted by molar-refractivity contribution is -0.136. The lowest BCUT2D eigenvalue weighted by Gasteiger charge is -2.19. The van der Waals surface area contributed by atoms with Crippen LogP contribution in [0.25, 0.3) is 0 Å². The first kappa shape index (κ1) is 16.8. The number of rotatable bonds is 4. The molecule has 7 heteroatoms. The Hall–Kier alpha value is -3.09. The van der Waals surface area contributed by atoms with Gasteiger partial charge in [0.15, 0.2) is 17.2 Å². The van der Waals surface area contributed by atoms with E-state index in [0.717, 1.165) is 0 Å². The average molecular weight is 342 g/mol. The molecule has 1 aromatic heterocycles. The number of allylic oxidation sites excluding steroid dienone is 4. The van der Waals surface area contributed by atoms with Crippen LogP contribution in [-0.2, 0) is 14.3 Å². The lowest BCUT2D eigenvalue weighted by atomic mass is 9.93. The first-order chi connectivity index (χ1) is 11.9. The van der Waals surface area contributed by atoms with Crippen molar-refractivity contribution >= 4 is 17.5 Å². The van der Waals surface area contributed by atoms with Crippen LogP contribution < -0.4 is 0 Å². The number of nitrogens with zero attached hydrogens (tertiary/aromatic N) is 2. The number of ether oxygens (including phenoxy) is 2. The number of ketones is 1. The van der Waals surface area contributed by atoms with Gasteiger partial charge in [0, 0.05) is 42.4 Å². The second-order valence-electron chi connectivity index (χ2n) is 5.52. The Labute approximate surface area is 143 Å². The Kier molecular flexibility index (Phi) is 4.31. The molecule has 0 atom stereocenters. The van der Waals surface area contributed by atoms with E-state index in [1.807, 2.05) is 0 Å². The molecule has 0 spiro atoms. The number of hydrogen-bond acceptors (Lipinski definition) is 6. The summed E-state index contributed by atoms with van der Waals surface area (Å²) < 4.78 is 24.5. The summed E-state index contributed by atoms with van der Waals surface area (Å²) in [6.45, 7) is 2.85. The van der Waals surface area contributed by atoms with Gasteiger partial charge in [0.1, 0.15) is 5.83 Å².